The van der Waals surface area contributed by atoms with E-state index in [0.717, 1.165) is 62.2 Å². The van der Waals surface area contributed by atoms with Crippen LogP contribution in [-0.2, 0) is 14.8 Å². The van der Waals surface area contributed by atoms with Crippen molar-refractivity contribution in [2.45, 2.75) is 69.0 Å². The summed E-state index contributed by atoms with van der Waals surface area (Å²) in [6.45, 7) is 5.54. The van der Waals surface area contributed by atoms with Crippen molar-refractivity contribution in [1.29, 1.82) is 0 Å². The molecule has 2 atom stereocenters. The molecule has 0 bridgehead atoms. The monoisotopic (exact) mass is 557 g/mol. The molecule has 1 aromatic carbocycles. The van der Waals surface area contributed by atoms with E-state index in [-0.39, 0.29) is 34.2 Å². The molecular weight excluding hydrogens is 525 g/mol. The van der Waals surface area contributed by atoms with Gasteiger partial charge in [-0.2, -0.15) is 0 Å². The van der Waals surface area contributed by atoms with E-state index in [1.807, 2.05) is 18.7 Å². The highest BCUT2D eigenvalue weighted by Crippen LogP contribution is 2.34. The molecule has 12 heteroatoms. The molecule has 0 radical (unpaired) electrons. The SMILES string of the molecule is CC(C)CC(=O)N1CC(N(C)[C@H]2CCCC[C@@H]2Nc2cc(F)c(S(=O)(=O)Nc3nccs3)cc2Cl)C1. The van der Waals surface area contributed by atoms with Crippen LogP contribution in [0.25, 0.3) is 0 Å². The van der Waals surface area contributed by atoms with Gasteiger partial charge in [0.2, 0.25) is 5.91 Å². The molecule has 2 aromatic rings. The van der Waals surface area contributed by atoms with Crippen molar-refractivity contribution in [3.63, 3.8) is 0 Å². The van der Waals surface area contributed by atoms with Crippen molar-refractivity contribution in [2.24, 2.45) is 5.92 Å². The smallest absolute Gasteiger partial charge is 0.266 e. The Morgan fingerprint density at radius 2 is 2.03 bits per heavy atom. The number of likely N-dealkylation sites (N-methyl/N-ethyl adjacent to an activating group) is 1. The number of halogens is 2. The second-order valence-electron chi connectivity index (χ2n) is 10.0. The molecular formula is C24H33ClFN5O3S2. The fourth-order valence-electron chi connectivity index (χ4n) is 4.92. The van der Waals surface area contributed by atoms with Crippen LogP contribution in [0.1, 0.15) is 46.0 Å². The zero-order valence-corrected chi connectivity index (χ0v) is 23.1. The summed E-state index contributed by atoms with van der Waals surface area (Å²) < 4.78 is 42.6. The van der Waals surface area contributed by atoms with E-state index in [4.69, 9.17) is 11.6 Å². The number of anilines is 2. The summed E-state index contributed by atoms with van der Waals surface area (Å²) in [5.74, 6) is -0.338. The summed E-state index contributed by atoms with van der Waals surface area (Å²) in [4.78, 5) is 19.9. The number of aromatic nitrogens is 1. The Balaban J connectivity index is 1.44. The zero-order valence-electron chi connectivity index (χ0n) is 20.7. The number of benzene rings is 1. The Hall–Kier alpha value is -1.95. The number of carbonyl (C=O) groups excluding carboxylic acids is 1. The molecule has 2 N–H and O–H groups in total. The van der Waals surface area contributed by atoms with E-state index in [2.05, 4.69) is 27.0 Å². The van der Waals surface area contributed by atoms with Crippen molar-refractivity contribution in [1.82, 2.24) is 14.8 Å². The van der Waals surface area contributed by atoms with Crippen molar-refractivity contribution in [3.8, 4) is 0 Å². The largest absolute Gasteiger partial charge is 0.379 e. The van der Waals surface area contributed by atoms with Crippen LogP contribution in [0.3, 0.4) is 0 Å². The van der Waals surface area contributed by atoms with Gasteiger partial charge in [0, 0.05) is 49.2 Å². The summed E-state index contributed by atoms with van der Waals surface area (Å²) in [5, 5.41) is 5.30. The maximum atomic E-state index is 15.0. The van der Waals surface area contributed by atoms with E-state index < -0.39 is 20.7 Å². The minimum atomic E-state index is -4.17. The molecule has 8 nitrogen and oxygen atoms in total. The fourth-order valence-corrected chi connectivity index (χ4v) is 7.08. The lowest BCUT2D eigenvalue weighted by atomic mass is 9.87. The number of hydrogen-bond donors (Lipinski definition) is 2. The molecule has 0 unspecified atom stereocenters. The summed E-state index contributed by atoms with van der Waals surface area (Å²) in [5.41, 5.74) is 0.370. The highest BCUT2D eigenvalue weighted by Gasteiger charge is 2.39. The first-order chi connectivity index (χ1) is 17.0. The molecule has 198 valence electrons. The Kier molecular flexibility index (Phi) is 8.43. The summed E-state index contributed by atoms with van der Waals surface area (Å²) in [6, 6.07) is 2.79. The van der Waals surface area contributed by atoms with Crippen LogP contribution >= 0.6 is 22.9 Å². The van der Waals surface area contributed by atoms with Crippen molar-refractivity contribution in [3.05, 3.63) is 34.5 Å². The number of thiazole rings is 1. The number of carbonyl (C=O) groups is 1. The van der Waals surface area contributed by atoms with Gasteiger partial charge in [0.25, 0.3) is 10.0 Å². The van der Waals surface area contributed by atoms with E-state index in [1.165, 1.54) is 6.20 Å². The molecule has 2 heterocycles. The Labute approximate surface area is 221 Å². The standard InChI is InChI=1S/C24H33ClFN5O3S2/c1-15(2)10-23(32)31-13-16(14-31)30(3)21-7-5-4-6-19(21)28-20-12-18(26)22(11-17(20)25)36(33,34)29-24-27-8-9-35-24/h8-9,11-12,15-16,19,21,28H,4-7,10,13-14H2,1-3H3,(H,27,29)/t19-,21-/m0/s1. The Morgan fingerprint density at radius 3 is 2.69 bits per heavy atom. The number of sulfonamides is 1. The first-order valence-corrected chi connectivity index (χ1v) is 15.0. The third kappa shape index (κ3) is 6.12. The van der Waals surface area contributed by atoms with Crippen LogP contribution in [0.5, 0.6) is 0 Å². The predicted octanol–water partition coefficient (Wildman–Crippen LogP) is 4.65. The van der Waals surface area contributed by atoms with Crippen LogP contribution in [0.4, 0.5) is 15.2 Å². The molecule has 4 rings (SSSR count). The number of hydrogen-bond acceptors (Lipinski definition) is 7. The first kappa shape index (κ1) is 27.1. The van der Waals surface area contributed by atoms with Gasteiger partial charge in [0.1, 0.15) is 10.7 Å². The third-order valence-corrected chi connectivity index (χ3v) is 9.42. The average Bonchev–Trinajstić information content (AvgIpc) is 3.27. The maximum absolute atomic E-state index is 15.0. The maximum Gasteiger partial charge on any atom is 0.266 e. The number of amides is 1. The normalized spacial score (nSPS) is 21.0. The lowest BCUT2D eigenvalue weighted by Crippen LogP contribution is -2.64. The van der Waals surface area contributed by atoms with Gasteiger partial charge in [-0.15, -0.1) is 11.3 Å². The van der Waals surface area contributed by atoms with E-state index in [9.17, 15) is 17.6 Å². The second-order valence-corrected chi connectivity index (χ2v) is 13.0. The van der Waals surface area contributed by atoms with Gasteiger partial charge in [-0.25, -0.2) is 17.8 Å². The minimum Gasteiger partial charge on any atom is -0.379 e. The van der Waals surface area contributed by atoms with Gasteiger partial charge in [-0.3, -0.25) is 14.4 Å². The Bertz CT molecular complexity index is 1170. The van der Waals surface area contributed by atoms with Gasteiger partial charge in [0.15, 0.2) is 5.13 Å². The van der Waals surface area contributed by atoms with E-state index >= 15 is 0 Å². The third-order valence-electron chi connectivity index (χ3n) is 6.93. The highest BCUT2D eigenvalue weighted by molar-refractivity contribution is 7.93. The number of rotatable bonds is 9. The van der Waals surface area contributed by atoms with Gasteiger partial charge in [0.05, 0.1) is 10.7 Å². The van der Waals surface area contributed by atoms with E-state index in [0.29, 0.717) is 18.0 Å². The van der Waals surface area contributed by atoms with E-state index in [1.54, 1.807) is 5.38 Å². The summed E-state index contributed by atoms with van der Waals surface area (Å²) >= 11 is 7.54. The summed E-state index contributed by atoms with van der Waals surface area (Å²) in [7, 11) is -2.08. The Morgan fingerprint density at radius 1 is 1.31 bits per heavy atom. The molecule has 36 heavy (non-hydrogen) atoms. The second kappa shape index (κ2) is 11.2. The van der Waals surface area contributed by atoms with Crippen molar-refractivity contribution < 1.29 is 17.6 Å². The molecule has 1 saturated carbocycles. The lowest BCUT2D eigenvalue weighted by molar-refractivity contribution is -0.140. The molecule has 1 aromatic heterocycles. The predicted molar refractivity (Wildman–Crippen MR) is 142 cm³/mol. The van der Waals surface area contributed by atoms with Crippen LogP contribution < -0.4 is 10.0 Å². The van der Waals surface area contributed by atoms with Crippen molar-refractivity contribution in [2.75, 3.05) is 30.2 Å². The number of nitrogens with zero attached hydrogens (tertiary/aromatic N) is 3. The topological polar surface area (TPSA) is 94.6 Å². The summed E-state index contributed by atoms with van der Waals surface area (Å²) in [6.07, 6.45) is 6.03. The zero-order chi connectivity index (χ0) is 26.0. The van der Waals surface area contributed by atoms with Crippen molar-refractivity contribution >= 4 is 49.7 Å². The van der Waals surface area contributed by atoms with Gasteiger partial charge < -0.3 is 10.2 Å². The first-order valence-electron chi connectivity index (χ1n) is 12.2. The molecule has 1 saturated heterocycles. The molecule has 0 spiro atoms. The molecule has 2 aliphatic rings. The van der Waals surface area contributed by atoms with Gasteiger partial charge in [-0.05, 0) is 37.9 Å². The quantitative estimate of drug-likeness (QED) is 0.466. The number of nitrogens with one attached hydrogen (secondary N) is 2. The highest BCUT2D eigenvalue weighted by atomic mass is 35.5. The molecule has 1 aliphatic carbocycles. The number of likely N-dealkylation sites (tertiary alicyclic amines) is 1. The molecule has 1 amide bonds. The lowest BCUT2D eigenvalue weighted by Gasteiger charge is -2.49. The minimum absolute atomic E-state index is 0.0250. The average molecular weight is 558 g/mol. The van der Waals surface area contributed by atoms with Gasteiger partial charge in [-0.1, -0.05) is 38.3 Å². The molecule has 2 fully saturated rings. The van der Waals surface area contributed by atoms with Crippen LogP contribution in [0.2, 0.25) is 5.02 Å². The molecule has 1 aliphatic heterocycles. The van der Waals surface area contributed by atoms with Crippen LogP contribution in [0, 0.1) is 11.7 Å². The fraction of sp³-hybridized carbons (Fsp3) is 0.583. The van der Waals surface area contributed by atoms with Crippen LogP contribution in [0.15, 0.2) is 28.6 Å². The van der Waals surface area contributed by atoms with Gasteiger partial charge >= 0.3 is 0 Å². The van der Waals surface area contributed by atoms with Crippen LogP contribution in [-0.4, -0.2) is 67.4 Å².